The topological polar surface area (TPSA) is 568 Å². The number of ether oxygens (including phenoxy) is 11. The number of carbonyl (C=O) groups excluding carboxylic acids is 5. The minimum Gasteiger partial charge on any atom is -0.726 e. The molecule has 0 aromatic heterocycles. The minimum absolute atomic E-state index is 0.663. The van der Waals surface area contributed by atoms with Gasteiger partial charge < -0.3 is 149 Å². The maximum absolute atomic E-state index is 12.9. The van der Waals surface area contributed by atoms with Gasteiger partial charge in [0, 0.05) is 41.7 Å². The predicted octanol–water partition coefficient (Wildman–Crippen LogP) is -12.5. The smallest absolute Gasteiger partial charge is 0.219 e. The van der Waals surface area contributed by atoms with Gasteiger partial charge in [0.25, 0.3) is 0 Å². The lowest BCUT2D eigenvalue weighted by molar-refractivity contribution is -0.369. The van der Waals surface area contributed by atoms with Crippen LogP contribution in [0, 0.1) is 0 Å². The number of hydrogen-bond donors (Lipinski definition) is 17. The maximum Gasteiger partial charge on any atom is 0.219 e. The van der Waals surface area contributed by atoms with Crippen LogP contribution in [0.2, 0.25) is 0 Å². The van der Waals surface area contributed by atoms with Crippen molar-refractivity contribution in [3.63, 3.8) is 0 Å². The molecule has 0 aliphatic carbocycles. The van der Waals surface area contributed by atoms with E-state index in [0.29, 0.717) is 0 Å². The van der Waals surface area contributed by atoms with Crippen molar-refractivity contribution in [1.29, 1.82) is 0 Å². The minimum atomic E-state index is -5.66. The Balaban J connectivity index is 1.29. The molecule has 6 heterocycles. The molecule has 30 atom stereocenters. The fourth-order valence-corrected chi connectivity index (χ4v) is 11.0. The summed E-state index contributed by atoms with van der Waals surface area (Å²) in [6, 6.07) is -8.88. The molecule has 0 aromatic rings. The average molecular weight is 1270 g/mol. The van der Waals surface area contributed by atoms with Crippen molar-refractivity contribution >= 4 is 39.9 Å². The molecule has 496 valence electrons. The standard InChI is InChI=1S/C47H79N5O33S/c1-13-29(61)36(68)37(69)47(76-13)74-11-22-40(31(63)24(42(70)77-22)48-14(2)56)83-45-27(51-17(5)59)34(66)41(23(81-45)12-75-86(71,72)73)84-44-25(49-15(3)57)32(64)38(20(9-54)79-44)82-43-26(50-16(4)58)33(65)39(21(10-55)80-43)85-46-28(52(7)18(6)60)35(67)30(62)19(8-53)78-46/h13,19-47,53-55,61-70H,8-12H2,1-7H3,(H,48,56)(H,49,57)(H,50,58)(H,51,59)(H,71,72,73)/p-1. The van der Waals surface area contributed by atoms with Gasteiger partial charge in [-0.25, -0.2) is 8.42 Å². The summed E-state index contributed by atoms with van der Waals surface area (Å²) in [5, 5.41) is 153. The Bertz CT molecular complexity index is 2390. The normalized spacial score (nSPS) is 44.0. The van der Waals surface area contributed by atoms with Gasteiger partial charge in [-0.15, -0.1) is 0 Å². The first kappa shape index (κ1) is 71.3. The molecule has 6 aliphatic rings. The van der Waals surface area contributed by atoms with Crippen molar-refractivity contribution in [3.8, 4) is 0 Å². The number of amides is 5. The van der Waals surface area contributed by atoms with E-state index >= 15 is 0 Å². The Morgan fingerprint density at radius 2 is 0.826 bits per heavy atom. The molecule has 39 heteroatoms. The van der Waals surface area contributed by atoms with E-state index < -0.39 is 257 Å². The van der Waals surface area contributed by atoms with Crippen LogP contribution in [0.25, 0.3) is 0 Å². The van der Waals surface area contributed by atoms with E-state index in [0.717, 1.165) is 39.5 Å². The van der Waals surface area contributed by atoms with E-state index in [2.05, 4.69) is 25.5 Å². The first-order chi connectivity index (χ1) is 40.2. The highest BCUT2D eigenvalue weighted by molar-refractivity contribution is 7.80. The lowest BCUT2D eigenvalue weighted by Gasteiger charge is -2.51. The number of carbonyl (C=O) groups is 5. The zero-order valence-corrected chi connectivity index (χ0v) is 48.0. The van der Waals surface area contributed by atoms with Gasteiger partial charge in [0.1, 0.15) is 140 Å². The molecule has 6 fully saturated rings. The second kappa shape index (κ2) is 30.4. The van der Waals surface area contributed by atoms with Crippen molar-refractivity contribution in [3.05, 3.63) is 0 Å². The van der Waals surface area contributed by atoms with Crippen molar-refractivity contribution < 1.29 is 160 Å². The number of hydrogen-bond acceptors (Lipinski definition) is 33. The first-order valence-electron chi connectivity index (χ1n) is 26.9. The predicted molar refractivity (Wildman–Crippen MR) is 269 cm³/mol. The SMILES string of the molecule is CC(=O)NC1C(O)OC(COC2OC(C)C(O)C(O)C2O)C(OC2OC(COS(=O)(=O)[O-])C(OC3OC(CO)C(OC4OC(CO)C(OC5OC(CO)C(O)C(O)C5N(C)C(C)=O)C(O)C4NC(C)=O)C(O)C3NC(C)=O)C(O)C2NC(C)=O)C1O. The first-order valence-corrected chi connectivity index (χ1v) is 28.3. The lowest BCUT2D eigenvalue weighted by atomic mass is 9.92. The van der Waals surface area contributed by atoms with Crippen LogP contribution in [0.4, 0.5) is 0 Å². The molecule has 0 radical (unpaired) electrons. The summed E-state index contributed by atoms with van der Waals surface area (Å²) in [6.45, 7) is 1.11. The van der Waals surface area contributed by atoms with E-state index in [4.69, 9.17) is 52.1 Å². The Labute approximate surface area is 490 Å². The summed E-state index contributed by atoms with van der Waals surface area (Å²) < 4.78 is 105. The van der Waals surface area contributed by atoms with Crippen LogP contribution in [0.3, 0.4) is 0 Å². The van der Waals surface area contributed by atoms with Gasteiger partial charge in [0.15, 0.2) is 37.7 Å². The molecule has 38 nitrogen and oxygen atoms in total. The van der Waals surface area contributed by atoms with Gasteiger partial charge in [0.2, 0.25) is 39.9 Å². The third-order valence-corrected chi connectivity index (χ3v) is 15.5. The highest BCUT2D eigenvalue weighted by Gasteiger charge is 2.58. The number of rotatable bonds is 22. The van der Waals surface area contributed by atoms with E-state index in [1.165, 1.54) is 14.0 Å². The summed E-state index contributed by atoms with van der Waals surface area (Å²) in [4.78, 5) is 64.2. The quantitative estimate of drug-likeness (QED) is 0.0353. The van der Waals surface area contributed by atoms with Crippen LogP contribution >= 0.6 is 0 Å². The Morgan fingerprint density at radius 3 is 1.23 bits per heavy atom. The van der Waals surface area contributed by atoms with Crippen molar-refractivity contribution in [2.24, 2.45) is 0 Å². The summed E-state index contributed by atoms with van der Waals surface area (Å²) in [5.41, 5.74) is 0. The van der Waals surface area contributed by atoms with Crippen LogP contribution in [0.5, 0.6) is 0 Å². The monoisotopic (exact) mass is 1270 g/mol. The lowest BCUT2D eigenvalue weighted by Crippen LogP contribution is -2.72. The third-order valence-electron chi connectivity index (χ3n) is 15.1. The highest BCUT2D eigenvalue weighted by Crippen LogP contribution is 2.37. The van der Waals surface area contributed by atoms with Crippen LogP contribution in [-0.4, -0.2) is 338 Å². The molecular weight excluding hydrogens is 1190 g/mol. The molecule has 5 amide bonds. The summed E-state index contributed by atoms with van der Waals surface area (Å²) >= 11 is 0. The maximum atomic E-state index is 12.9. The molecular formula is C47H78N5O33S-. The van der Waals surface area contributed by atoms with Crippen LogP contribution < -0.4 is 21.3 Å². The van der Waals surface area contributed by atoms with Crippen molar-refractivity contribution in [2.75, 3.05) is 40.1 Å². The number of nitrogens with one attached hydrogen (secondary N) is 4. The highest BCUT2D eigenvalue weighted by atomic mass is 32.3. The van der Waals surface area contributed by atoms with Gasteiger partial charge in [-0.05, 0) is 6.92 Å². The zero-order chi connectivity index (χ0) is 64.1. The van der Waals surface area contributed by atoms with Crippen molar-refractivity contribution in [1.82, 2.24) is 26.2 Å². The second-order valence-electron chi connectivity index (χ2n) is 21.4. The molecule has 6 rings (SSSR count). The Hall–Kier alpha value is -3.74. The van der Waals surface area contributed by atoms with Crippen molar-refractivity contribution in [2.45, 2.75) is 225 Å². The molecule has 6 saturated heterocycles. The third kappa shape index (κ3) is 16.8. The molecule has 0 saturated carbocycles. The molecule has 17 N–H and O–H groups in total. The summed E-state index contributed by atoms with van der Waals surface area (Å²) in [7, 11) is -4.45. The number of aliphatic hydroxyl groups is 13. The molecule has 86 heavy (non-hydrogen) atoms. The molecule has 0 bridgehead atoms. The van der Waals surface area contributed by atoms with E-state index in [1.54, 1.807) is 0 Å². The average Bonchev–Trinajstić information content (AvgIpc) is 2.48. The number of nitrogens with zero attached hydrogens (tertiary/aromatic N) is 1. The number of aliphatic hydroxyl groups excluding tert-OH is 13. The fourth-order valence-electron chi connectivity index (χ4n) is 10.7. The van der Waals surface area contributed by atoms with Crippen LogP contribution in [-0.2, 0) is 90.7 Å². The molecule has 0 spiro atoms. The molecule has 0 aromatic carbocycles. The Morgan fingerprint density at radius 1 is 0.453 bits per heavy atom. The van der Waals surface area contributed by atoms with E-state index in [9.17, 15) is 103 Å². The van der Waals surface area contributed by atoms with Crippen LogP contribution in [0.1, 0.15) is 41.5 Å². The second-order valence-corrected chi connectivity index (χ2v) is 22.4. The number of likely N-dealkylation sites (N-methyl/N-ethyl adjacent to an activating group) is 1. The van der Waals surface area contributed by atoms with Gasteiger partial charge in [0.05, 0.1) is 39.1 Å². The van der Waals surface area contributed by atoms with E-state index in [1.807, 2.05) is 0 Å². The fraction of sp³-hybridized carbons (Fsp3) is 0.894. The van der Waals surface area contributed by atoms with Gasteiger partial charge in [-0.3, -0.25) is 28.2 Å². The summed E-state index contributed by atoms with van der Waals surface area (Å²) in [5.74, 6) is -4.20. The summed E-state index contributed by atoms with van der Waals surface area (Å²) in [6.07, 6.45) is -46.9. The Kier molecular flexibility index (Phi) is 25.2. The van der Waals surface area contributed by atoms with E-state index in [-0.39, 0.29) is 0 Å². The van der Waals surface area contributed by atoms with Gasteiger partial charge in [-0.1, -0.05) is 0 Å². The molecule has 6 aliphatic heterocycles. The van der Waals surface area contributed by atoms with Gasteiger partial charge >= 0.3 is 0 Å². The molecule has 30 unspecified atom stereocenters. The van der Waals surface area contributed by atoms with Crippen LogP contribution in [0.15, 0.2) is 0 Å². The largest absolute Gasteiger partial charge is 0.726 e. The zero-order valence-electron chi connectivity index (χ0n) is 47.2. The van der Waals surface area contributed by atoms with Gasteiger partial charge in [-0.2, -0.15) is 0 Å².